The summed E-state index contributed by atoms with van der Waals surface area (Å²) in [7, 11) is 2.07. The average molecular weight is 245 g/mol. The number of allylic oxidation sites excluding steroid dienone is 1. The van der Waals surface area contributed by atoms with Crippen LogP contribution >= 0.6 is 23.5 Å². The first-order valence-electron chi connectivity index (χ1n) is 5.64. The third-order valence-corrected chi connectivity index (χ3v) is 6.34. The molecule has 0 amide bonds. The van der Waals surface area contributed by atoms with Crippen molar-refractivity contribution in [3.63, 3.8) is 0 Å². The molecule has 0 aromatic carbocycles. The van der Waals surface area contributed by atoms with E-state index in [1.165, 1.54) is 11.3 Å². The molecule has 1 fully saturated rings. The number of likely N-dealkylation sites (N-methyl/N-ethyl adjacent to an activating group) is 1. The second-order valence-electron chi connectivity index (χ2n) is 4.48. The molecule has 1 nitrogen and oxygen atoms in total. The molecule has 1 aliphatic heterocycles. The van der Waals surface area contributed by atoms with Gasteiger partial charge in [0.1, 0.15) is 0 Å². The van der Waals surface area contributed by atoms with E-state index in [9.17, 15) is 0 Å². The Morgan fingerprint density at radius 2 is 2.00 bits per heavy atom. The Kier molecular flexibility index (Phi) is 5.58. The van der Waals surface area contributed by atoms with E-state index in [1.54, 1.807) is 0 Å². The molecule has 1 saturated heterocycles. The van der Waals surface area contributed by atoms with E-state index in [2.05, 4.69) is 69.7 Å². The van der Waals surface area contributed by atoms with Gasteiger partial charge in [-0.1, -0.05) is 25.5 Å². The van der Waals surface area contributed by atoms with Gasteiger partial charge in [-0.2, -0.15) is 23.5 Å². The maximum Gasteiger partial charge on any atom is 0.0378 e. The predicted octanol–water partition coefficient (Wildman–Crippen LogP) is 3.17. The molecule has 0 aliphatic carbocycles. The Balaban J connectivity index is 2.58. The van der Waals surface area contributed by atoms with Gasteiger partial charge in [0.05, 0.1) is 0 Å². The van der Waals surface area contributed by atoms with Crippen molar-refractivity contribution >= 4 is 23.5 Å². The van der Waals surface area contributed by atoms with Crippen LogP contribution in [-0.2, 0) is 0 Å². The SMILES string of the molecule is CNC(C=C(C)C)C1CSC(C)C(C)S1. The zero-order chi connectivity index (χ0) is 11.4. The molecular formula is C12H23NS2. The summed E-state index contributed by atoms with van der Waals surface area (Å²) < 4.78 is 0. The highest BCUT2D eigenvalue weighted by Gasteiger charge is 2.29. The van der Waals surface area contributed by atoms with E-state index in [-0.39, 0.29) is 0 Å². The molecule has 1 aliphatic rings. The normalized spacial score (nSPS) is 33.5. The summed E-state index contributed by atoms with van der Waals surface area (Å²) in [5.74, 6) is 1.27. The van der Waals surface area contributed by atoms with Crippen molar-refractivity contribution in [1.29, 1.82) is 0 Å². The number of hydrogen-bond donors (Lipinski definition) is 1. The fourth-order valence-electron chi connectivity index (χ4n) is 1.73. The summed E-state index contributed by atoms with van der Waals surface area (Å²) in [6, 6.07) is 0.530. The van der Waals surface area contributed by atoms with Crippen LogP contribution in [0.25, 0.3) is 0 Å². The molecule has 15 heavy (non-hydrogen) atoms. The summed E-state index contributed by atoms with van der Waals surface area (Å²) in [6.07, 6.45) is 2.36. The highest BCUT2D eigenvalue weighted by atomic mass is 32.2. The van der Waals surface area contributed by atoms with Crippen LogP contribution in [0.1, 0.15) is 27.7 Å². The molecule has 1 heterocycles. The number of hydrogen-bond acceptors (Lipinski definition) is 3. The van der Waals surface area contributed by atoms with Gasteiger partial charge in [-0.15, -0.1) is 0 Å². The number of nitrogens with one attached hydrogen (secondary N) is 1. The van der Waals surface area contributed by atoms with E-state index in [0.717, 1.165) is 15.7 Å². The minimum absolute atomic E-state index is 0.530. The summed E-state index contributed by atoms with van der Waals surface area (Å²) in [5, 5.41) is 5.73. The third-order valence-electron chi connectivity index (χ3n) is 2.82. The van der Waals surface area contributed by atoms with Crippen LogP contribution in [0.3, 0.4) is 0 Å². The van der Waals surface area contributed by atoms with Crippen molar-refractivity contribution in [3.05, 3.63) is 11.6 Å². The summed E-state index contributed by atoms with van der Waals surface area (Å²) >= 11 is 4.26. The molecule has 0 aromatic heterocycles. The molecule has 0 spiro atoms. The Bertz CT molecular complexity index is 224. The molecular weight excluding hydrogens is 222 g/mol. The van der Waals surface area contributed by atoms with Gasteiger partial charge < -0.3 is 5.32 Å². The molecule has 1 rings (SSSR count). The lowest BCUT2D eigenvalue weighted by Gasteiger charge is -2.34. The molecule has 0 saturated carbocycles. The maximum atomic E-state index is 3.43. The number of rotatable bonds is 3. The van der Waals surface area contributed by atoms with Crippen LogP contribution in [-0.4, -0.2) is 34.6 Å². The maximum absolute atomic E-state index is 3.43. The van der Waals surface area contributed by atoms with E-state index >= 15 is 0 Å². The van der Waals surface area contributed by atoms with Gasteiger partial charge in [0, 0.05) is 27.5 Å². The van der Waals surface area contributed by atoms with Gasteiger partial charge in [0.25, 0.3) is 0 Å². The first kappa shape index (κ1) is 13.5. The lowest BCUT2D eigenvalue weighted by Crippen LogP contribution is -2.40. The first-order valence-corrected chi connectivity index (χ1v) is 7.63. The molecule has 0 bridgehead atoms. The Morgan fingerprint density at radius 1 is 1.33 bits per heavy atom. The molecule has 3 heteroatoms. The second-order valence-corrected chi connectivity index (χ2v) is 7.51. The second kappa shape index (κ2) is 6.21. The van der Waals surface area contributed by atoms with Crippen LogP contribution in [0, 0.1) is 0 Å². The summed E-state index contributed by atoms with van der Waals surface area (Å²) in [4.78, 5) is 0. The average Bonchev–Trinajstić information content (AvgIpc) is 2.18. The standard InChI is InChI=1S/C12H23NS2/c1-8(2)6-11(13-5)12-7-14-9(3)10(4)15-12/h6,9-13H,7H2,1-5H3. The molecule has 0 radical (unpaired) electrons. The fraction of sp³-hybridized carbons (Fsp3) is 0.833. The Hall–Kier alpha value is 0.400. The highest BCUT2D eigenvalue weighted by Crippen LogP contribution is 2.37. The van der Waals surface area contributed by atoms with E-state index in [4.69, 9.17) is 0 Å². The van der Waals surface area contributed by atoms with Crippen LogP contribution < -0.4 is 5.32 Å². The Labute approximate surface area is 103 Å². The third kappa shape index (κ3) is 4.04. The van der Waals surface area contributed by atoms with Gasteiger partial charge in [0.2, 0.25) is 0 Å². The van der Waals surface area contributed by atoms with Crippen molar-refractivity contribution in [2.75, 3.05) is 12.8 Å². The predicted molar refractivity (Wildman–Crippen MR) is 75.0 cm³/mol. The summed E-state index contributed by atoms with van der Waals surface area (Å²) in [5.41, 5.74) is 1.41. The van der Waals surface area contributed by atoms with Gasteiger partial charge in [-0.25, -0.2) is 0 Å². The quantitative estimate of drug-likeness (QED) is 0.767. The van der Waals surface area contributed by atoms with Crippen molar-refractivity contribution < 1.29 is 0 Å². The smallest absolute Gasteiger partial charge is 0.0378 e. The van der Waals surface area contributed by atoms with Crippen LogP contribution in [0.15, 0.2) is 11.6 Å². The lowest BCUT2D eigenvalue weighted by atomic mass is 10.1. The van der Waals surface area contributed by atoms with E-state index in [0.29, 0.717) is 6.04 Å². The monoisotopic (exact) mass is 245 g/mol. The topological polar surface area (TPSA) is 12.0 Å². The largest absolute Gasteiger partial charge is 0.313 e. The first-order chi connectivity index (χ1) is 7.04. The molecule has 0 aromatic rings. The van der Waals surface area contributed by atoms with Gasteiger partial charge in [-0.3, -0.25) is 0 Å². The minimum atomic E-state index is 0.530. The molecule has 4 unspecified atom stereocenters. The molecule has 4 atom stereocenters. The van der Waals surface area contributed by atoms with Crippen LogP contribution in [0.2, 0.25) is 0 Å². The van der Waals surface area contributed by atoms with Gasteiger partial charge >= 0.3 is 0 Å². The molecule has 1 N–H and O–H groups in total. The van der Waals surface area contributed by atoms with Crippen LogP contribution in [0.4, 0.5) is 0 Å². The fourth-order valence-corrected chi connectivity index (χ4v) is 4.84. The zero-order valence-corrected chi connectivity index (χ0v) is 12.0. The zero-order valence-electron chi connectivity index (χ0n) is 10.4. The van der Waals surface area contributed by atoms with Crippen LogP contribution in [0.5, 0.6) is 0 Å². The molecule has 88 valence electrons. The van der Waals surface area contributed by atoms with E-state index in [1.807, 2.05) is 0 Å². The lowest BCUT2D eigenvalue weighted by molar-refractivity contribution is 0.653. The highest BCUT2D eigenvalue weighted by molar-refractivity contribution is 8.07. The van der Waals surface area contributed by atoms with Crippen molar-refractivity contribution in [2.45, 2.75) is 49.5 Å². The van der Waals surface area contributed by atoms with Gasteiger partial charge in [-0.05, 0) is 20.9 Å². The Morgan fingerprint density at radius 3 is 2.47 bits per heavy atom. The van der Waals surface area contributed by atoms with Gasteiger partial charge in [0.15, 0.2) is 0 Å². The van der Waals surface area contributed by atoms with Crippen molar-refractivity contribution in [2.24, 2.45) is 0 Å². The van der Waals surface area contributed by atoms with Crippen molar-refractivity contribution in [3.8, 4) is 0 Å². The summed E-state index contributed by atoms with van der Waals surface area (Å²) in [6.45, 7) is 9.05. The van der Waals surface area contributed by atoms with E-state index < -0.39 is 0 Å². The van der Waals surface area contributed by atoms with Crippen molar-refractivity contribution in [1.82, 2.24) is 5.32 Å². The minimum Gasteiger partial charge on any atom is -0.313 e. The number of thioether (sulfide) groups is 2.